The topological polar surface area (TPSA) is 83.5 Å². The molecule has 0 saturated carbocycles. The molecular weight excluding hydrogens is 505 g/mol. The quantitative estimate of drug-likeness (QED) is 0.146. The third kappa shape index (κ3) is 7.18. The number of phosphoric ester groups is 1. The van der Waals surface area contributed by atoms with Crippen LogP contribution in [-0.2, 0) is 20.4 Å². The van der Waals surface area contributed by atoms with Crippen LogP contribution in [0, 0.1) is 0 Å². The number of nitrogens with zero attached hydrogens (tertiary/aromatic N) is 1. The number of ether oxygens (including phenoxy) is 2. The van der Waals surface area contributed by atoms with Gasteiger partial charge in [0.2, 0.25) is 5.88 Å². The smallest absolute Gasteiger partial charge is 0.497 e. The first-order valence-electron chi connectivity index (χ1n) is 11.6. The molecule has 0 aliphatic rings. The van der Waals surface area contributed by atoms with Crippen LogP contribution in [0.2, 0.25) is 0 Å². The minimum atomic E-state index is -4.40. The molecule has 0 heterocycles. The highest BCUT2D eigenvalue weighted by molar-refractivity contribution is 7.49. The molecule has 0 saturated heterocycles. The Morgan fingerprint density at radius 3 is 1.74 bits per heavy atom. The summed E-state index contributed by atoms with van der Waals surface area (Å²) < 4.78 is 41.6. The minimum Gasteiger partial charge on any atom is -0.497 e. The van der Waals surface area contributed by atoms with Crippen molar-refractivity contribution in [1.82, 2.24) is 0 Å². The fraction of sp³-hybridized carbons (Fsp3) is 0.0690. The second kappa shape index (κ2) is 12.5. The van der Waals surface area contributed by atoms with Crippen molar-refractivity contribution >= 4 is 19.6 Å². The van der Waals surface area contributed by atoms with Gasteiger partial charge in [0.15, 0.2) is 0 Å². The number of amides is 1. The Morgan fingerprint density at radius 2 is 1.24 bits per heavy atom. The van der Waals surface area contributed by atoms with Gasteiger partial charge >= 0.3 is 13.9 Å². The van der Waals surface area contributed by atoms with Crippen molar-refractivity contribution in [3.8, 4) is 17.2 Å². The molecule has 0 N–H and O–H groups in total. The van der Waals surface area contributed by atoms with E-state index in [4.69, 9.17) is 23.0 Å². The minimum absolute atomic E-state index is 0.00169. The molecule has 0 aliphatic heterocycles. The van der Waals surface area contributed by atoms with Gasteiger partial charge in [0.1, 0.15) is 23.9 Å². The number of carbonyl (C=O) groups excluding carboxylic acids is 1. The van der Waals surface area contributed by atoms with E-state index < -0.39 is 13.9 Å². The molecule has 0 spiro atoms. The molecule has 0 fully saturated rings. The lowest BCUT2D eigenvalue weighted by Gasteiger charge is -2.26. The maximum absolute atomic E-state index is 13.9. The van der Waals surface area contributed by atoms with Crippen molar-refractivity contribution in [2.24, 2.45) is 0 Å². The summed E-state index contributed by atoms with van der Waals surface area (Å²) in [4.78, 5) is 14.3. The van der Waals surface area contributed by atoms with E-state index in [2.05, 4.69) is 6.58 Å². The van der Waals surface area contributed by atoms with E-state index in [1.807, 2.05) is 30.3 Å². The van der Waals surface area contributed by atoms with Crippen LogP contribution in [0.15, 0.2) is 128 Å². The number of hydrogen-bond donors (Lipinski definition) is 0. The van der Waals surface area contributed by atoms with Crippen LogP contribution >= 0.6 is 7.82 Å². The van der Waals surface area contributed by atoms with E-state index in [0.29, 0.717) is 11.4 Å². The van der Waals surface area contributed by atoms with Crippen molar-refractivity contribution in [3.63, 3.8) is 0 Å². The zero-order chi connectivity index (χ0) is 26.8. The first-order valence-corrected chi connectivity index (χ1v) is 13.0. The van der Waals surface area contributed by atoms with E-state index in [-0.39, 0.29) is 24.0 Å². The van der Waals surface area contributed by atoms with Gasteiger partial charge in [-0.3, -0.25) is 0 Å². The summed E-state index contributed by atoms with van der Waals surface area (Å²) in [5.74, 6) is 0.719. The monoisotopic (exact) mass is 531 g/mol. The Balaban J connectivity index is 1.62. The normalized spacial score (nSPS) is 10.7. The van der Waals surface area contributed by atoms with Crippen LogP contribution in [0.25, 0.3) is 0 Å². The fourth-order valence-corrected chi connectivity index (χ4v) is 4.52. The predicted molar refractivity (Wildman–Crippen MR) is 144 cm³/mol. The lowest BCUT2D eigenvalue weighted by Crippen LogP contribution is -2.31. The lowest BCUT2D eigenvalue weighted by molar-refractivity contribution is 0.145. The van der Waals surface area contributed by atoms with Crippen LogP contribution in [0.1, 0.15) is 5.56 Å². The predicted octanol–water partition coefficient (Wildman–Crippen LogP) is 7.59. The molecule has 9 heteroatoms. The average Bonchev–Trinajstić information content (AvgIpc) is 2.94. The Labute approximate surface area is 221 Å². The molecule has 194 valence electrons. The third-order valence-electron chi connectivity index (χ3n) is 5.11. The van der Waals surface area contributed by atoms with Crippen molar-refractivity contribution < 1.29 is 32.4 Å². The largest absolute Gasteiger partial charge is 0.648 e. The second-order valence-electron chi connectivity index (χ2n) is 7.81. The Hall–Kier alpha value is -4.68. The fourth-order valence-electron chi connectivity index (χ4n) is 3.31. The van der Waals surface area contributed by atoms with Gasteiger partial charge in [-0.25, -0.2) is 9.69 Å². The van der Waals surface area contributed by atoms with E-state index in [0.717, 1.165) is 10.5 Å². The average molecular weight is 532 g/mol. The van der Waals surface area contributed by atoms with Crippen LogP contribution in [-0.4, -0.2) is 13.2 Å². The number of carbonyl (C=O) groups is 1. The van der Waals surface area contributed by atoms with Crippen molar-refractivity contribution in [2.45, 2.75) is 6.61 Å². The number of para-hydroxylation sites is 2. The van der Waals surface area contributed by atoms with Crippen LogP contribution in [0.3, 0.4) is 0 Å². The first-order chi connectivity index (χ1) is 18.5. The molecule has 0 atom stereocenters. The summed E-state index contributed by atoms with van der Waals surface area (Å²) in [5, 5.41) is 0. The Kier molecular flexibility index (Phi) is 8.69. The number of phosphoric acid groups is 1. The van der Waals surface area contributed by atoms with Crippen LogP contribution in [0.5, 0.6) is 17.2 Å². The molecule has 4 aromatic carbocycles. The van der Waals surface area contributed by atoms with Gasteiger partial charge in [-0.2, -0.15) is 4.57 Å². The van der Waals surface area contributed by atoms with Crippen LogP contribution in [0.4, 0.5) is 10.5 Å². The maximum atomic E-state index is 13.9. The highest BCUT2D eigenvalue weighted by Crippen LogP contribution is 2.51. The molecule has 1 amide bonds. The van der Waals surface area contributed by atoms with Gasteiger partial charge in [0.05, 0.1) is 12.8 Å². The third-order valence-corrected chi connectivity index (χ3v) is 6.41. The van der Waals surface area contributed by atoms with E-state index >= 15 is 0 Å². The molecule has 0 radical (unpaired) electrons. The number of anilines is 1. The van der Waals surface area contributed by atoms with Gasteiger partial charge in [-0.1, -0.05) is 66.7 Å². The molecule has 0 aromatic heterocycles. The molecule has 0 aliphatic carbocycles. The zero-order valence-corrected chi connectivity index (χ0v) is 21.5. The van der Waals surface area contributed by atoms with E-state index in [1.165, 1.54) is 7.11 Å². The standard InChI is InChI=1S/C29H26NO7P/c1-23(35-38(32,36-27-14-8-4-9-15-27)37-28-16-10-5-11-17-28)30(25-18-20-26(33-2)21-19-25)29(31)34-22-24-12-6-3-7-13-24/h3-21H,1,22H2,2H3. The lowest BCUT2D eigenvalue weighted by atomic mass is 10.2. The molecule has 38 heavy (non-hydrogen) atoms. The first kappa shape index (κ1) is 26.4. The summed E-state index contributed by atoms with van der Waals surface area (Å²) >= 11 is 0. The summed E-state index contributed by atoms with van der Waals surface area (Å²) in [6.45, 7) is 3.86. The molecule has 0 unspecified atom stereocenters. The van der Waals surface area contributed by atoms with Gasteiger partial charge in [-0.15, -0.1) is 0 Å². The van der Waals surface area contributed by atoms with Gasteiger partial charge in [0.25, 0.3) is 0 Å². The number of methoxy groups -OCH3 is 1. The zero-order valence-electron chi connectivity index (χ0n) is 20.6. The van der Waals surface area contributed by atoms with Gasteiger partial charge in [-0.05, 0) is 60.7 Å². The second-order valence-corrected chi connectivity index (χ2v) is 9.26. The maximum Gasteiger partial charge on any atom is 0.648 e. The Morgan fingerprint density at radius 1 is 0.737 bits per heavy atom. The Bertz CT molecular complexity index is 1340. The molecule has 4 rings (SSSR count). The van der Waals surface area contributed by atoms with E-state index in [9.17, 15) is 9.36 Å². The summed E-state index contributed by atoms with van der Waals surface area (Å²) in [6, 6.07) is 32.5. The van der Waals surface area contributed by atoms with Gasteiger partial charge in [0, 0.05) is 0 Å². The number of rotatable bonds is 11. The highest BCUT2D eigenvalue weighted by Gasteiger charge is 2.37. The number of benzene rings is 4. The SMILES string of the molecule is C=C(OP(=O)(Oc1ccccc1)Oc1ccccc1)N(C(=O)OCc1ccccc1)c1ccc(OC)cc1. The van der Waals surface area contributed by atoms with E-state index in [1.54, 1.807) is 84.9 Å². The molecular formula is C29H26NO7P. The molecule has 4 aromatic rings. The summed E-state index contributed by atoms with van der Waals surface area (Å²) in [6.07, 6.45) is -0.810. The summed E-state index contributed by atoms with van der Waals surface area (Å²) in [7, 11) is -2.87. The van der Waals surface area contributed by atoms with Crippen molar-refractivity contribution in [2.75, 3.05) is 12.0 Å². The van der Waals surface area contributed by atoms with Crippen molar-refractivity contribution in [1.29, 1.82) is 0 Å². The highest BCUT2D eigenvalue weighted by atomic mass is 31.2. The molecule has 0 bridgehead atoms. The molecule has 8 nitrogen and oxygen atoms in total. The number of hydrogen-bond acceptors (Lipinski definition) is 7. The van der Waals surface area contributed by atoms with Crippen molar-refractivity contribution in [3.05, 3.63) is 133 Å². The summed E-state index contributed by atoms with van der Waals surface area (Å²) in [5.41, 5.74) is 1.12. The van der Waals surface area contributed by atoms with Gasteiger partial charge < -0.3 is 23.0 Å². The van der Waals surface area contributed by atoms with Crippen LogP contribution < -0.4 is 18.7 Å².